The number of rotatable bonds is 7. The maximum absolute atomic E-state index is 12.2. The first kappa shape index (κ1) is 39.6. The van der Waals surface area contributed by atoms with Crippen molar-refractivity contribution in [3.8, 4) is 45.9 Å². The second kappa shape index (κ2) is 15.0. The number of phenolic OH excluding ortho intramolecular Hbond substituents is 7. The lowest BCUT2D eigenvalue weighted by Crippen LogP contribution is -2.34. The number of aliphatic hydroxyl groups excluding tert-OH is 4. The van der Waals surface area contributed by atoms with Gasteiger partial charge in [0, 0.05) is 21.9 Å². The minimum atomic E-state index is -2.13. The van der Waals surface area contributed by atoms with Crippen molar-refractivity contribution in [3.63, 3.8) is 0 Å². The van der Waals surface area contributed by atoms with E-state index in [-0.39, 0.29) is 27.8 Å². The lowest BCUT2D eigenvalue weighted by Gasteiger charge is -2.37. The molecule has 9 rings (SSSR count). The Morgan fingerprint density at radius 3 is 1.77 bits per heavy atom. The van der Waals surface area contributed by atoms with Crippen LogP contribution >= 0.6 is 0 Å². The molecule has 0 spiro atoms. The van der Waals surface area contributed by atoms with Crippen LogP contribution in [-0.4, -0.2) is 66.8 Å². The fourth-order valence-electron chi connectivity index (χ4n) is 9.05. The molecule has 0 radical (unpaired) electrons. The van der Waals surface area contributed by atoms with Gasteiger partial charge in [-0.1, -0.05) is 91.1 Å². The molecule has 1 aromatic heterocycles. The van der Waals surface area contributed by atoms with E-state index in [0.717, 1.165) is 21.8 Å². The Kier molecular flexibility index (Phi) is 9.56. The molecule has 1 heterocycles. The number of hydrogen-bond donors (Lipinski definition) is 11. The van der Waals surface area contributed by atoms with Crippen LogP contribution in [0.5, 0.6) is 40.2 Å². The minimum Gasteiger partial charge on any atom is -0.508 e. The largest absolute Gasteiger partial charge is 0.508 e. The van der Waals surface area contributed by atoms with E-state index in [0.29, 0.717) is 41.8 Å². The summed E-state index contributed by atoms with van der Waals surface area (Å²) in [5.74, 6) is -11.8. The zero-order valence-corrected chi connectivity index (χ0v) is 33.2. The highest BCUT2D eigenvalue weighted by molar-refractivity contribution is 6.09. The van der Waals surface area contributed by atoms with Crippen molar-refractivity contribution < 1.29 is 56.2 Å². The molecule has 314 valence electrons. The molecule has 2 unspecified atom stereocenters. The summed E-state index contributed by atoms with van der Waals surface area (Å²) in [6.45, 7) is 1.41. The first-order valence-electron chi connectivity index (χ1n) is 20.0. The number of nitrogens with zero attached hydrogens (tertiary/aromatic N) is 2. The number of benzene rings is 5. The molecule has 3 aliphatic rings. The SMILES string of the molecule is Cc1c(O)c(N(C2=C(O)C(O)C(c3ccccc3-n3c4ccccc4c4ccccc43)C(O)=C2O)c2c(O)c(O)c(C3=CCCC=C3)c(O)c2O)c(O)c(O)c1C1=CC=CCC1. The van der Waals surface area contributed by atoms with E-state index in [1.54, 1.807) is 54.6 Å². The van der Waals surface area contributed by atoms with E-state index in [9.17, 15) is 56.2 Å². The Bertz CT molecular complexity index is 2960. The van der Waals surface area contributed by atoms with Gasteiger partial charge in [0.25, 0.3) is 0 Å². The Morgan fingerprint density at radius 1 is 0.597 bits per heavy atom. The number of aliphatic hydroxyl groups is 4. The maximum atomic E-state index is 12.2. The predicted molar refractivity (Wildman–Crippen MR) is 236 cm³/mol. The molecule has 0 saturated heterocycles. The smallest absolute Gasteiger partial charge is 0.186 e. The molecule has 62 heavy (non-hydrogen) atoms. The topological polar surface area (TPSA) is 231 Å². The molecule has 0 fully saturated rings. The summed E-state index contributed by atoms with van der Waals surface area (Å²) < 4.78 is 1.92. The molecule has 0 aliphatic heterocycles. The predicted octanol–water partition coefficient (Wildman–Crippen LogP) is 9.89. The second-order valence-electron chi connectivity index (χ2n) is 15.5. The van der Waals surface area contributed by atoms with Crippen LogP contribution in [0.4, 0.5) is 11.4 Å². The van der Waals surface area contributed by atoms with Gasteiger partial charge < -0.3 is 60.7 Å². The molecule has 5 aromatic carbocycles. The molecule has 6 aromatic rings. The Labute approximate surface area is 354 Å². The van der Waals surface area contributed by atoms with E-state index < -0.39 is 86.6 Å². The molecule has 13 nitrogen and oxygen atoms in total. The lowest BCUT2D eigenvalue weighted by molar-refractivity contribution is 0.105. The quantitative estimate of drug-likeness (QED) is 0.0533. The number of phenols is 7. The molecule has 0 bridgehead atoms. The van der Waals surface area contributed by atoms with E-state index in [2.05, 4.69) is 0 Å². The van der Waals surface area contributed by atoms with Crippen LogP contribution in [0.3, 0.4) is 0 Å². The highest BCUT2D eigenvalue weighted by Crippen LogP contribution is 2.62. The molecule has 2 atom stereocenters. The van der Waals surface area contributed by atoms with Gasteiger partial charge in [-0.05, 0) is 67.5 Å². The number of para-hydroxylation sites is 3. The number of allylic oxidation sites excluding steroid dienone is 8. The van der Waals surface area contributed by atoms with Gasteiger partial charge in [0.1, 0.15) is 40.4 Å². The highest BCUT2D eigenvalue weighted by atomic mass is 16.3. The van der Waals surface area contributed by atoms with Crippen molar-refractivity contribution in [3.05, 3.63) is 154 Å². The second-order valence-corrected chi connectivity index (χ2v) is 15.5. The van der Waals surface area contributed by atoms with Gasteiger partial charge in [0.05, 0.1) is 28.2 Å². The average Bonchev–Trinajstić information content (AvgIpc) is 3.62. The molecular formula is C49H42N2O11. The zero-order valence-electron chi connectivity index (χ0n) is 33.2. The van der Waals surface area contributed by atoms with E-state index in [1.807, 2.05) is 59.2 Å². The number of hydrogen-bond acceptors (Lipinski definition) is 12. The van der Waals surface area contributed by atoms with Crippen molar-refractivity contribution in [2.24, 2.45) is 0 Å². The zero-order chi connectivity index (χ0) is 43.7. The molecular weight excluding hydrogens is 793 g/mol. The van der Waals surface area contributed by atoms with Crippen LogP contribution in [-0.2, 0) is 0 Å². The van der Waals surface area contributed by atoms with Crippen LogP contribution < -0.4 is 4.90 Å². The minimum absolute atomic E-state index is 0.0366. The van der Waals surface area contributed by atoms with Crippen molar-refractivity contribution in [2.75, 3.05) is 4.90 Å². The van der Waals surface area contributed by atoms with Crippen molar-refractivity contribution in [1.29, 1.82) is 0 Å². The van der Waals surface area contributed by atoms with Gasteiger partial charge in [0.2, 0.25) is 0 Å². The standard InChI is InChI=1S/C49H42N2O11/c1-24-33(25-14-4-2-5-15-25)40(53)45(58)36(39(24)52)51(37-46(59)41(54)34(42(55)47(37)60)26-16-6-3-7-17-26)38-48(61)43(56)35(44(57)49(38)62)29-20-10-13-23-32(29)50-30-21-11-8-18-27(30)28-19-9-12-22-31(28)50/h2,4,6,8-14,16-23,35,43,52-62H,3,5,7,15H2,1H3. The van der Waals surface area contributed by atoms with Gasteiger partial charge in [-0.25, -0.2) is 0 Å². The third-order valence-electron chi connectivity index (χ3n) is 12.0. The van der Waals surface area contributed by atoms with Crippen LogP contribution in [0, 0.1) is 6.92 Å². The van der Waals surface area contributed by atoms with Crippen LogP contribution in [0.1, 0.15) is 53.9 Å². The normalized spacial score (nSPS) is 17.8. The number of aromatic nitrogens is 1. The van der Waals surface area contributed by atoms with E-state index in [4.69, 9.17) is 0 Å². The molecule has 0 saturated carbocycles. The highest BCUT2D eigenvalue weighted by Gasteiger charge is 2.45. The van der Waals surface area contributed by atoms with Gasteiger partial charge in [-0.3, -0.25) is 4.90 Å². The van der Waals surface area contributed by atoms with Gasteiger partial charge in [-0.2, -0.15) is 0 Å². The lowest BCUT2D eigenvalue weighted by atomic mass is 9.83. The van der Waals surface area contributed by atoms with Crippen LogP contribution in [0.2, 0.25) is 0 Å². The number of aromatic hydroxyl groups is 7. The van der Waals surface area contributed by atoms with Crippen molar-refractivity contribution >= 4 is 44.3 Å². The Morgan fingerprint density at radius 2 is 1.18 bits per heavy atom. The monoisotopic (exact) mass is 834 g/mol. The van der Waals surface area contributed by atoms with E-state index in [1.165, 1.54) is 6.92 Å². The number of fused-ring (bicyclic) bond motifs is 3. The summed E-state index contributed by atoms with van der Waals surface area (Å²) >= 11 is 0. The first-order valence-corrected chi connectivity index (χ1v) is 20.0. The molecule has 3 aliphatic carbocycles. The first-order chi connectivity index (χ1) is 29.8. The summed E-state index contributed by atoms with van der Waals surface area (Å²) in [6, 6.07) is 22.0. The summed E-state index contributed by atoms with van der Waals surface area (Å²) in [6.07, 6.45) is 10.3. The van der Waals surface area contributed by atoms with Crippen molar-refractivity contribution in [1.82, 2.24) is 4.57 Å². The summed E-state index contributed by atoms with van der Waals surface area (Å²) in [7, 11) is 0. The fourth-order valence-corrected chi connectivity index (χ4v) is 9.05. The van der Waals surface area contributed by atoms with Crippen molar-refractivity contribution in [2.45, 2.75) is 44.6 Å². The van der Waals surface area contributed by atoms with Gasteiger partial charge >= 0.3 is 0 Å². The van der Waals surface area contributed by atoms with Crippen LogP contribution in [0.25, 0.3) is 38.6 Å². The third-order valence-corrected chi connectivity index (χ3v) is 12.0. The summed E-state index contributed by atoms with van der Waals surface area (Å²) in [4.78, 5) is 0.453. The Balaban J connectivity index is 1.30. The average molecular weight is 835 g/mol. The van der Waals surface area contributed by atoms with Gasteiger partial charge in [-0.15, -0.1) is 0 Å². The van der Waals surface area contributed by atoms with E-state index >= 15 is 0 Å². The maximum Gasteiger partial charge on any atom is 0.186 e. The van der Waals surface area contributed by atoms with Gasteiger partial charge in [0.15, 0.2) is 40.3 Å². The molecule has 11 N–H and O–H groups in total. The van der Waals surface area contributed by atoms with Crippen LogP contribution in [0.15, 0.2) is 132 Å². The summed E-state index contributed by atoms with van der Waals surface area (Å²) in [5.41, 5.74) is -0.267. The molecule has 0 amide bonds. The molecule has 13 heteroatoms. The fraction of sp³-hybridized carbons (Fsp3) is 0.143. The third kappa shape index (κ3) is 5.80. The number of anilines is 2. The Hall–Kier alpha value is -7.90. The summed E-state index contributed by atoms with van der Waals surface area (Å²) in [5, 5.41) is 133.